The van der Waals surface area contributed by atoms with E-state index in [0.29, 0.717) is 29.7 Å². The van der Waals surface area contributed by atoms with E-state index in [2.05, 4.69) is 33.1 Å². The predicted molar refractivity (Wildman–Crippen MR) is 131 cm³/mol. The van der Waals surface area contributed by atoms with Gasteiger partial charge in [0.1, 0.15) is 28.5 Å². The molecule has 0 saturated carbocycles. The monoisotopic (exact) mass is 458 g/mol. The fourth-order valence-electron chi connectivity index (χ4n) is 4.66. The van der Waals surface area contributed by atoms with Crippen LogP contribution in [0.4, 0.5) is 5.82 Å². The van der Waals surface area contributed by atoms with Crippen molar-refractivity contribution >= 4 is 28.2 Å². The molecule has 3 aromatic heterocycles. The fourth-order valence-corrected chi connectivity index (χ4v) is 5.43. The van der Waals surface area contributed by atoms with E-state index in [9.17, 15) is 10.1 Å². The average Bonchev–Trinajstić information content (AvgIpc) is 3.40. The summed E-state index contributed by atoms with van der Waals surface area (Å²) in [4.78, 5) is 26.1. The lowest BCUT2D eigenvalue weighted by Gasteiger charge is -2.30. The van der Waals surface area contributed by atoms with E-state index < -0.39 is 0 Å². The van der Waals surface area contributed by atoms with Crippen molar-refractivity contribution < 1.29 is 0 Å². The van der Waals surface area contributed by atoms with E-state index in [1.165, 1.54) is 11.3 Å². The summed E-state index contributed by atoms with van der Waals surface area (Å²) in [6.07, 6.45) is 5.69. The third kappa shape index (κ3) is 4.05. The number of aryl methyl sites for hydroxylation is 3. The first-order valence-electron chi connectivity index (χ1n) is 11.4. The summed E-state index contributed by atoms with van der Waals surface area (Å²) < 4.78 is 3.70. The molecule has 33 heavy (non-hydrogen) atoms. The van der Waals surface area contributed by atoms with Gasteiger partial charge in [-0.3, -0.25) is 9.36 Å². The van der Waals surface area contributed by atoms with Crippen LogP contribution in [0.3, 0.4) is 0 Å². The molecule has 1 aliphatic rings. The van der Waals surface area contributed by atoms with Crippen molar-refractivity contribution in [1.29, 1.82) is 5.26 Å². The lowest BCUT2D eigenvalue weighted by Crippen LogP contribution is -2.32. The molecular weight excluding hydrogens is 432 g/mol. The van der Waals surface area contributed by atoms with Crippen molar-refractivity contribution in [2.75, 3.05) is 18.0 Å². The van der Waals surface area contributed by atoms with Gasteiger partial charge in [0.05, 0.1) is 17.5 Å². The Morgan fingerprint density at radius 3 is 2.61 bits per heavy atom. The van der Waals surface area contributed by atoms with Crippen molar-refractivity contribution in [2.24, 2.45) is 0 Å². The molecule has 0 radical (unpaired) electrons. The number of aromatic nitrogens is 4. The van der Waals surface area contributed by atoms with Crippen LogP contribution in [0.2, 0.25) is 0 Å². The molecule has 0 aliphatic carbocycles. The molecular formula is C25H26N6OS. The number of fused-ring (bicyclic) bond motifs is 1. The van der Waals surface area contributed by atoms with Crippen LogP contribution in [0.25, 0.3) is 11.0 Å². The number of piperidine rings is 1. The van der Waals surface area contributed by atoms with E-state index in [0.717, 1.165) is 49.4 Å². The largest absolute Gasteiger partial charge is 0.357 e. The summed E-state index contributed by atoms with van der Waals surface area (Å²) in [7, 11) is 0. The van der Waals surface area contributed by atoms with Gasteiger partial charge in [-0.15, -0.1) is 11.3 Å². The van der Waals surface area contributed by atoms with Gasteiger partial charge in [0.15, 0.2) is 0 Å². The third-order valence-corrected chi connectivity index (χ3v) is 7.37. The van der Waals surface area contributed by atoms with Gasteiger partial charge >= 0.3 is 0 Å². The number of hydrogen-bond donors (Lipinski definition) is 0. The van der Waals surface area contributed by atoms with E-state index in [1.807, 2.05) is 35.2 Å². The van der Waals surface area contributed by atoms with Gasteiger partial charge in [0.2, 0.25) is 0 Å². The molecule has 1 fully saturated rings. The van der Waals surface area contributed by atoms with Gasteiger partial charge < -0.3 is 9.47 Å². The second-order valence-electron chi connectivity index (χ2n) is 8.48. The molecule has 0 bridgehead atoms. The minimum atomic E-state index is -0.0992. The molecule has 0 amide bonds. The molecule has 0 atom stereocenters. The molecule has 1 aromatic carbocycles. The minimum Gasteiger partial charge on any atom is -0.357 e. The van der Waals surface area contributed by atoms with Crippen molar-refractivity contribution in [3.63, 3.8) is 0 Å². The number of nitrogens with zero attached hydrogens (tertiary/aromatic N) is 6. The number of benzene rings is 1. The van der Waals surface area contributed by atoms with Crippen molar-refractivity contribution in [2.45, 2.75) is 45.7 Å². The first kappa shape index (κ1) is 21.4. The van der Waals surface area contributed by atoms with E-state index in [4.69, 9.17) is 0 Å². The molecule has 1 saturated heterocycles. The highest BCUT2D eigenvalue weighted by atomic mass is 32.1. The van der Waals surface area contributed by atoms with Gasteiger partial charge in [0, 0.05) is 37.5 Å². The highest BCUT2D eigenvalue weighted by molar-refractivity contribution is 7.09. The minimum absolute atomic E-state index is 0.0992. The van der Waals surface area contributed by atoms with Crippen LogP contribution >= 0.6 is 11.3 Å². The summed E-state index contributed by atoms with van der Waals surface area (Å²) >= 11 is 1.61. The van der Waals surface area contributed by atoms with Gasteiger partial charge in [0.25, 0.3) is 5.56 Å². The first-order chi connectivity index (χ1) is 16.2. The third-order valence-electron chi connectivity index (χ3n) is 6.38. The molecule has 0 unspecified atom stereocenters. The van der Waals surface area contributed by atoms with Crippen LogP contribution in [0.5, 0.6) is 0 Å². The van der Waals surface area contributed by atoms with Gasteiger partial charge in [-0.1, -0.05) is 30.3 Å². The lowest BCUT2D eigenvalue weighted by atomic mass is 10.1. The Hall–Kier alpha value is -3.44. The zero-order chi connectivity index (χ0) is 22.8. The number of thiazole rings is 1. The molecule has 4 heterocycles. The summed E-state index contributed by atoms with van der Waals surface area (Å²) in [5.41, 5.74) is 5.36. The average molecular weight is 459 g/mol. The van der Waals surface area contributed by atoms with Crippen molar-refractivity contribution in [1.82, 2.24) is 19.1 Å². The van der Waals surface area contributed by atoms with Crippen LogP contribution in [0.1, 0.15) is 41.0 Å². The second-order valence-corrected chi connectivity index (χ2v) is 9.42. The molecule has 0 spiro atoms. The molecule has 5 rings (SSSR count). The van der Waals surface area contributed by atoms with Crippen LogP contribution < -0.4 is 10.5 Å². The summed E-state index contributed by atoms with van der Waals surface area (Å²) in [6.45, 7) is 4.82. The zero-order valence-electron chi connectivity index (χ0n) is 18.7. The number of rotatable bonds is 6. The van der Waals surface area contributed by atoms with Gasteiger partial charge in [-0.2, -0.15) is 5.26 Å². The van der Waals surface area contributed by atoms with Crippen LogP contribution in [0.15, 0.2) is 47.0 Å². The normalized spacial score (nSPS) is 14.0. The molecule has 168 valence electrons. The SMILES string of the molecule is Cc1ncsc1CCn1cnc2c(C#N)c(N3CCCCC3)n(Cc3ccccc3)c2c1=O. The highest BCUT2D eigenvalue weighted by Gasteiger charge is 2.27. The van der Waals surface area contributed by atoms with Crippen LogP contribution in [-0.2, 0) is 19.5 Å². The van der Waals surface area contributed by atoms with E-state index in [-0.39, 0.29) is 5.56 Å². The lowest BCUT2D eigenvalue weighted by molar-refractivity contribution is 0.564. The topological polar surface area (TPSA) is 79.7 Å². The Morgan fingerprint density at radius 2 is 1.91 bits per heavy atom. The standard InChI is InChI=1S/C25H26N6OS/c1-18-21(33-17-28-18)10-13-30-16-27-22-20(14-26)24(29-11-6-3-7-12-29)31(23(22)25(30)32)15-19-8-4-2-5-9-19/h2,4-5,8-9,16-17H,3,6-7,10-13,15H2,1H3. The number of anilines is 1. The maximum absolute atomic E-state index is 13.7. The smallest absolute Gasteiger partial charge is 0.277 e. The van der Waals surface area contributed by atoms with Crippen molar-refractivity contribution in [3.05, 3.63) is 74.2 Å². The number of hydrogen-bond acceptors (Lipinski definition) is 6. The highest BCUT2D eigenvalue weighted by Crippen LogP contribution is 2.32. The number of nitriles is 1. The first-order valence-corrected chi connectivity index (χ1v) is 12.2. The Morgan fingerprint density at radius 1 is 1.12 bits per heavy atom. The summed E-state index contributed by atoms with van der Waals surface area (Å²) in [5, 5.41) is 10.1. The van der Waals surface area contributed by atoms with Crippen LogP contribution in [0, 0.1) is 18.3 Å². The van der Waals surface area contributed by atoms with Crippen LogP contribution in [-0.4, -0.2) is 32.2 Å². The second kappa shape index (κ2) is 9.20. The molecule has 0 N–H and O–H groups in total. The zero-order valence-corrected chi connectivity index (χ0v) is 19.5. The molecule has 4 aromatic rings. The molecule has 8 heteroatoms. The summed E-state index contributed by atoms with van der Waals surface area (Å²) in [6, 6.07) is 12.5. The molecule has 1 aliphatic heterocycles. The predicted octanol–water partition coefficient (Wildman–Crippen LogP) is 4.12. The Balaban J connectivity index is 1.65. The fraction of sp³-hybridized carbons (Fsp3) is 0.360. The Labute approximate surface area is 196 Å². The quantitative estimate of drug-likeness (QED) is 0.434. The Bertz CT molecular complexity index is 1370. The maximum atomic E-state index is 13.7. The maximum Gasteiger partial charge on any atom is 0.277 e. The summed E-state index contributed by atoms with van der Waals surface area (Å²) in [5.74, 6) is 0.830. The van der Waals surface area contributed by atoms with Crippen molar-refractivity contribution in [3.8, 4) is 6.07 Å². The Kier molecular flexibility index (Phi) is 5.97. The molecule has 7 nitrogen and oxygen atoms in total. The van der Waals surface area contributed by atoms with Gasteiger partial charge in [-0.05, 0) is 31.7 Å². The van der Waals surface area contributed by atoms with E-state index >= 15 is 0 Å². The van der Waals surface area contributed by atoms with E-state index in [1.54, 1.807) is 22.2 Å². The van der Waals surface area contributed by atoms with Gasteiger partial charge in [-0.25, -0.2) is 9.97 Å².